The van der Waals surface area contributed by atoms with Crippen molar-refractivity contribution in [2.45, 2.75) is 0 Å². The molecule has 16 heavy (non-hydrogen) atoms. The molecule has 0 aliphatic heterocycles. The molecule has 5 nitrogen and oxygen atoms in total. The van der Waals surface area contributed by atoms with E-state index in [1.165, 1.54) is 6.08 Å². The lowest BCUT2D eigenvalue weighted by Gasteiger charge is -2.01. The van der Waals surface area contributed by atoms with Crippen LogP contribution in [0.3, 0.4) is 0 Å². The molecule has 0 amide bonds. The van der Waals surface area contributed by atoms with E-state index in [0.29, 0.717) is 15.1 Å². The van der Waals surface area contributed by atoms with Crippen molar-refractivity contribution >= 4 is 39.6 Å². The zero-order valence-electron chi connectivity index (χ0n) is 7.76. The molecule has 1 N–H and O–H groups in total. The highest BCUT2D eigenvalue weighted by atomic mass is 79.9. The summed E-state index contributed by atoms with van der Waals surface area (Å²) in [5, 5.41) is 12.2. The first-order chi connectivity index (χ1) is 7.56. The minimum atomic E-state index is -1.31. The van der Waals surface area contributed by atoms with Gasteiger partial charge in [-0.3, -0.25) is 0 Å². The fourth-order valence-electron chi connectivity index (χ4n) is 0.961. The third-order valence-corrected chi connectivity index (χ3v) is 2.96. The lowest BCUT2D eigenvalue weighted by molar-refractivity contribution is -0.132. The molecule has 1 rings (SSSR count). The molecule has 0 aromatic heterocycles. The van der Waals surface area contributed by atoms with Crippen molar-refractivity contribution in [1.29, 1.82) is 0 Å². The normalized spacial score (nSPS) is 10.8. The smallest absolute Gasteiger partial charge is 0.338 e. The van der Waals surface area contributed by atoms with Crippen LogP contribution in [0.5, 0.6) is 0 Å². The Balaban J connectivity index is 3.28. The molecule has 1 aromatic rings. The van der Waals surface area contributed by atoms with Crippen LogP contribution in [-0.2, 0) is 4.79 Å². The largest absolute Gasteiger partial charge is 0.478 e. The molecular formula is C9H5BrClN3O2. The summed E-state index contributed by atoms with van der Waals surface area (Å²) in [7, 11) is 0. The van der Waals surface area contributed by atoms with Crippen molar-refractivity contribution in [3.63, 3.8) is 0 Å². The van der Waals surface area contributed by atoms with Gasteiger partial charge in [-0.05, 0) is 39.2 Å². The van der Waals surface area contributed by atoms with Crippen molar-refractivity contribution in [1.82, 2.24) is 0 Å². The van der Waals surface area contributed by atoms with Gasteiger partial charge in [0.2, 0.25) is 0 Å². The molecule has 0 fully saturated rings. The van der Waals surface area contributed by atoms with Crippen LogP contribution in [0.4, 0.5) is 0 Å². The van der Waals surface area contributed by atoms with E-state index in [4.69, 9.17) is 22.2 Å². The summed E-state index contributed by atoms with van der Waals surface area (Å²) in [4.78, 5) is 13.1. The van der Waals surface area contributed by atoms with Gasteiger partial charge in [-0.15, -0.1) is 0 Å². The minimum absolute atomic E-state index is 0.356. The summed E-state index contributed by atoms with van der Waals surface area (Å²) in [5.41, 5.74) is 8.24. The van der Waals surface area contributed by atoms with Crippen molar-refractivity contribution in [2.24, 2.45) is 5.11 Å². The van der Waals surface area contributed by atoms with E-state index in [2.05, 4.69) is 26.0 Å². The van der Waals surface area contributed by atoms with Gasteiger partial charge in [-0.25, -0.2) is 4.79 Å². The molecule has 0 aliphatic carbocycles. The van der Waals surface area contributed by atoms with Crippen molar-refractivity contribution in [3.8, 4) is 0 Å². The Kier molecular flexibility index (Phi) is 4.37. The van der Waals surface area contributed by atoms with Gasteiger partial charge in [0.25, 0.3) is 0 Å². The second-order valence-electron chi connectivity index (χ2n) is 2.67. The zero-order valence-corrected chi connectivity index (χ0v) is 10.1. The molecule has 0 aliphatic rings. The monoisotopic (exact) mass is 301 g/mol. The average Bonchev–Trinajstić information content (AvgIpc) is 2.23. The van der Waals surface area contributed by atoms with Crippen LogP contribution in [-0.4, -0.2) is 11.1 Å². The molecule has 7 heteroatoms. The van der Waals surface area contributed by atoms with Crippen LogP contribution in [0.15, 0.2) is 33.5 Å². The maximum atomic E-state index is 10.7. The Hall–Kier alpha value is -1.49. The molecule has 0 unspecified atom stereocenters. The molecule has 0 saturated carbocycles. The number of halogens is 2. The molecular weight excluding hydrogens is 297 g/mol. The van der Waals surface area contributed by atoms with E-state index in [-0.39, 0.29) is 0 Å². The highest BCUT2D eigenvalue weighted by Crippen LogP contribution is 2.27. The molecule has 0 spiro atoms. The number of nitrogens with zero attached hydrogens (tertiary/aromatic N) is 3. The predicted octanol–water partition coefficient (Wildman–Crippen LogP) is 3.84. The Labute approximate surface area is 104 Å². The molecule has 0 heterocycles. The second kappa shape index (κ2) is 5.55. The first-order valence-electron chi connectivity index (χ1n) is 4.00. The summed E-state index contributed by atoms with van der Waals surface area (Å²) in [6.07, 6.45) is 1.20. The summed E-state index contributed by atoms with van der Waals surface area (Å²) in [6, 6.07) is 5.02. The van der Waals surface area contributed by atoms with Crippen LogP contribution in [0.2, 0.25) is 5.02 Å². The summed E-state index contributed by atoms with van der Waals surface area (Å²) >= 11 is 9.12. The molecule has 82 valence electrons. The van der Waals surface area contributed by atoms with Crippen molar-refractivity contribution in [2.75, 3.05) is 0 Å². The van der Waals surface area contributed by atoms with Crippen LogP contribution in [0, 0.1) is 0 Å². The van der Waals surface area contributed by atoms with Crippen LogP contribution >= 0.6 is 27.5 Å². The molecule has 0 atom stereocenters. The predicted molar refractivity (Wildman–Crippen MR) is 63.9 cm³/mol. The first-order valence-corrected chi connectivity index (χ1v) is 5.17. The number of carbonyl (C=O) groups is 1. The topological polar surface area (TPSA) is 86.1 Å². The molecule has 1 aromatic carbocycles. The number of azide groups is 1. The number of benzene rings is 1. The van der Waals surface area contributed by atoms with Crippen molar-refractivity contribution < 1.29 is 9.90 Å². The SMILES string of the molecule is [N-]=[N+]=N/C(=C\c1cccc(Br)c1Cl)C(=O)O. The van der Waals surface area contributed by atoms with Gasteiger partial charge in [0, 0.05) is 9.38 Å². The van der Waals surface area contributed by atoms with E-state index in [1.807, 2.05) is 0 Å². The second-order valence-corrected chi connectivity index (χ2v) is 3.90. The third-order valence-electron chi connectivity index (χ3n) is 1.65. The maximum Gasteiger partial charge on any atom is 0.338 e. The molecule has 0 saturated heterocycles. The number of aliphatic carboxylic acids is 1. The van der Waals surface area contributed by atoms with Gasteiger partial charge in [0.05, 0.1) is 5.02 Å². The summed E-state index contributed by atoms with van der Waals surface area (Å²) < 4.78 is 0.633. The fraction of sp³-hybridized carbons (Fsp3) is 0. The van der Waals surface area contributed by atoms with Gasteiger partial charge in [-0.1, -0.05) is 28.8 Å². The quantitative estimate of drug-likeness (QED) is 0.398. The van der Waals surface area contributed by atoms with Gasteiger partial charge in [-0.2, -0.15) is 0 Å². The Bertz CT molecular complexity index is 505. The number of hydrogen-bond acceptors (Lipinski definition) is 2. The Morgan fingerprint density at radius 2 is 2.31 bits per heavy atom. The molecule has 0 bridgehead atoms. The summed E-state index contributed by atoms with van der Waals surface area (Å²) in [5.74, 6) is -1.31. The highest BCUT2D eigenvalue weighted by molar-refractivity contribution is 9.10. The highest BCUT2D eigenvalue weighted by Gasteiger charge is 2.07. The number of rotatable bonds is 3. The van der Waals surface area contributed by atoms with E-state index in [1.54, 1.807) is 18.2 Å². The Morgan fingerprint density at radius 1 is 1.62 bits per heavy atom. The van der Waals surface area contributed by atoms with E-state index in [9.17, 15) is 4.79 Å². The number of hydrogen-bond donors (Lipinski definition) is 1. The van der Waals surface area contributed by atoms with E-state index >= 15 is 0 Å². The minimum Gasteiger partial charge on any atom is -0.478 e. The van der Waals surface area contributed by atoms with Crippen LogP contribution in [0.1, 0.15) is 5.56 Å². The van der Waals surface area contributed by atoms with Crippen LogP contribution < -0.4 is 0 Å². The van der Waals surface area contributed by atoms with Crippen molar-refractivity contribution in [3.05, 3.63) is 49.4 Å². The number of carboxylic acids is 1. The van der Waals surface area contributed by atoms with Gasteiger partial charge in [0.1, 0.15) is 5.70 Å². The standard InChI is InChI=1S/C9H5BrClN3O2/c10-6-3-1-2-5(8(6)11)4-7(9(15)16)13-14-12/h1-4H,(H,15,16)/b7-4-. The van der Waals surface area contributed by atoms with E-state index < -0.39 is 11.7 Å². The van der Waals surface area contributed by atoms with Gasteiger partial charge < -0.3 is 5.11 Å². The van der Waals surface area contributed by atoms with Gasteiger partial charge in [0.15, 0.2) is 0 Å². The van der Waals surface area contributed by atoms with Crippen LogP contribution in [0.25, 0.3) is 16.5 Å². The third kappa shape index (κ3) is 3.00. The maximum absolute atomic E-state index is 10.7. The zero-order chi connectivity index (χ0) is 12.1. The summed E-state index contributed by atoms with van der Waals surface area (Å²) in [6.45, 7) is 0. The average molecular weight is 303 g/mol. The molecule has 0 radical (unpaired) electrons. The lowest BCUT2D eigenvalue weighted by atomic mass is 10.2. The number of carboxylic acid groups (broad SMARTS) is 1. The fourth-order valence-corrected chi connectivity index (χ4v) is 1.52. The van der Waals surface area contributed by atoms with E-state index in [0.717, 1.165) is 0 Å². The first kappa shape index (κ1) is 12.6. The Morgan fingerprint density at radius 3 is 2.88 bits per heavy atom. The lowest BCUT2D eigenvalue weighted by Crippen LogP contribution is -1.96. The van der Waals surface area contributed by atoms with Gasteiger partial charge >= 0.3 is 5.97 Å².